The van der Waals surface area contributed by atoms with Crippen molar-refractivity contribution >= 4 is 27.7 Å². The Hall–Kier alpha value is -2.05. The molecule has 1 aliphatic heterocycles. The van der Waals surface area contributed by atoms with Gasteiger partial charge in [-0.2, -0.15) is 0 Å². The molecule has 6 heteroatoms. The Morgan fingerprint density at radius 2 is 1.81 bits per heavy atom. The van der Waals surface area contributed by atoms with Crippen LogP contribution >= 0.6 is 15.9 Å². The fourth-order valence-corrected chi connectivity index (χ4v) is 4.10. The summed E-state index contributed by atoms with van der Waals surface area (Å²) in [6.45, 7) is 10.7. The minimum absolute atomic E-state index is 0.256. The van der Waals surface area contributed by atoms with Gasteiger partial charge < -0.3 is 15.0 Å². The van der Waals surface area contributed by atoms with Gasteiger partial charge >= 0.3 is 6.09 Å². The van der Waals surface area contributed by atoms with Gasteiger partial charge in [0.25, 0.3) is 0 Å². The number of ether oxygens (including phenoxy) is 1. The summed E-state index contributed by atoms with van der Waals surface area (Å²) in [6, 6.07) is 16.8. The van der Waals surface area contributed by atoms with E-state index in [0.29, 0.717) is 13.1 Å². The molecule has 0 aliphatic carbocycles. The predicted octanol–water partition coefficient (Wildman–Crippen LogP) is 5.89. The molecule has 168 valence electrons. The third-order valence-electron chi connectivity index (χ3n) is 5.20. The summed E-state index contributed by atoms with van der Waals surface area (Å²) < 4.78 is 6.73. The zero-order chi connectivity index (χ0) is 22.3. The van der Waals surface area contributed by atoms with E-state index >= 15 is 0 Å². The number of hydrogen-bond acceptors (Lipinski definition) is 4. The number of benzene rings is 2. The van der Waals surface area contributed by atoms with Crippen LogP contribution in [0.5, 0.6) is 0 Å². The first-order valence-electron chi connectivity index (χ1n) is 11.1. The highest BCUT2D eigenvalue weighted by Crippen LogP contribution is 2.24. The first-order chi connectivity index (χ1) is 14.8. The Morgan fingerprint density at radius 1 is 1.06 bits per heavy atom. The van der Waals surface area contributed by atoms with Gasteiger partial charge in [0.05, 0.1) is 6.54 Å². The molecule has 0 unspecified atom stereocenters. The van der Waals surface area contributed by atoms with E-state index in [1.807, 2.05) is 31.7 Å². The molecule has 1 amide bonds. The molecule has 1 aliphatic rings. The van der Waals surface area contributed by atoms with Crippen molar-refractivity contribution in [1.29, 1.82) is 0 Å². The molecule has 31 heavy (non-hydrogen) atoms. The number of carbonyl (C=O) groups excluding carboxylic acids is 1. The largest absolute Gasteiger partial charge is 0.444 e. The molecule has 0 radical (unpaired) electrons. The van der Waals surface area contributed by atoms with Gasteiger partial charge in [-0.3, -0.25) is 4.90 Å². The number of fused-ring (bicyclic) bond motifs is 1. The molecular weight excluding hydrogens is 454 g/mol. The third kappa shape index (κ3) is 7.86. The Morgan fingerprint density at radius 3 is 2.55 bits per heavy atom. The monoisotopic (exact) mass is 487 g/mol. The SMILES string of the molecule is CC(C)(C)OC(=O)N1CCCN(Cc2ccccc2)CCCNc2cc(Br)ccc2C1. The van der Waals surface area contributed by atoms with Crippen molar-refractivity contribution in [3.63, 3.8) is 0 Å². The number of nitrogens with zero attached hydrogens (tertiary/aromatic N) is 2. The van der Waals surface area contributed by atoms with Crippen molar-refractivity contribution in [2.45, 2.75) is 52.3 Å². The maximum atomic E-state index is 12.9. The Labute approximate surface area is 194 Å². The quantitative estimate of drug-likeness (QED) is 0.572. The molecule has 1 N–H and O–H groups in total. The fraction of sp³-hybridized carbons (Fsp3) is 0.480. The average Bonchev–Trinajstić information content (AvgIpc) is 2.70. The van der Waals surface area contributed by atoms with E-state index in [9.17, 15) is 4.79 Å². The molecule has 5 nitrogen and oxygen atoms in total. The highest BCUT2D eigenvalue weighted by Gasteiger charge is 2.23. The fourth-order valence-electron chi connectivity index (χ4n) is 3.74. The van der Waals surface area contributed by atoms with Gasteiger partial charge in [-0.25, -0.2) is 4.79 Å². The second kappa shape index (κ2) is 11.0. The van der Waals surface area contributed by atoms with Gasteiger partial charge in [-0.05, 0) is 56.9 Å². The number of amides is 1. The zero-order valence-corrected chi connectivity index (χ0v) is 20.5. The van der Waals surface area contributed by atoms with E-state index in [1.165, 1.54) is 5.56 Å². The molecule has 2 aromatic carbocycles. The molecule has 0 saturated heterocycles. The van der Waals surface area contributed by atoms with Crippen molar-refractivity contribution in [2.24, 2.45) is 0 Å². The summed E-state index contributed by atoms with van der Waals surface area (Å²) in [5.41, 5.74) is 2.98. The lowest BCUT2D eigenvalue weighted by Crippen LogP contribution is -2.38. The van der Waals surface area contributed by atoms with Crippen molar-refractivity contribution in [3.05, 3.63) is 64.1 Å². The zero-order valence-electron chi connectivity index (χ0n) is 18.9. The summed E-state index contributed by atoms with van der Waals surface area (Å²) in [7, 11) is 0. The molecule has 0 aromatic heterocycles. The number of rotatable bonds is 2. The molecule has 3 rings (SSSR count). The van der Waals surface area contributed by atoms with Crippen LogP contribution in [-0.4, -0.2) is 47.7 Å². The molecular formula is C25H34BrN3O2. The summed E-state index contributed by atoms with van der Waals surface area (Å²) in [4.78, 5) is 17.3. The highest BCUT2D eigenvalue weighted by atomic mass is 79.9. The minimum Gasteiger partial charge on any atom is -0.444 e. The van der Waals surface area contributed by atoms with Crippen molar-refractivity contribution < 1.29 is 9.53 Å². The summed E-state index contributed by atoms with van der Waals surface area (Å²) in [5.74, 6) is 0. The summed E-state index contributed by atoms with van der Waals surface area (Å²) >= 11 is 3.58. The van der Waals surface area contributed by atoms with E-state index in [2.05, 4.69) is 68.6 Å². The Bertz CT molecular complexity index is 852. The lowest BCUT2D eigenvalue weighted by molar-refractivity contribution is 0.0226. The average molecular weight is 488 g/mol. The normalized spacial score (nSPS) is 16.5. The smallest absolute Gasteiger partial charge is 0.410 e. The molecule has 1 heterocycles. The number of hydrogen-bond donors (Lipinski definition) is 1. The Kier molecular flexibility index (Phi) is 8.38. The van der Waals surface area contributed by atoms with Crippen LogP contribution in [0.15, 0.2) is 53.0 Å². The second-order valence-electron chi connectivity index (χ2n) is 9.10. The van der Waals surface area contributed by atoms with Crippen LogP contribution in [-0.2, 0) is 17.8 Å². The predicted molar refractivity (Wildman–Crippen MR) is 130 cm³/mol. The first-order valence-corrected chi connectivity index (χ1v) is 11.9. The van der Waals surface area contributed by atoms with Crippen LogP contribution < -0.4 is 5.32 Å². The first kappa shape index (κ1) is 23.6. The van der Waals surface area contributed by atoms with E-state index < -0.39 is 5.60 Å². The van der Waals surface area contributed by atoms with Crippen LogP contribution in [0.3, 0.4) is 0 Å². The second-order valence-corrected chi connectivity index (χ2v) is 10.0. The van der Waals surface area contributed by atoms with E-state index in [4.69, 9.17) is 4.74 Å². The number of anilines is 1. The van der Waals surface area contributed by atoms with Crippen molar-refractivity contribution in [3.8, 4) is 0 Å². The lowest BCUT2D eigenvalue weighted by atomic mass is 10.1. The number of carbonyl (C=O) groups is 1. The maximum Gasteiger partial charge on any atom is 0.410 e. The molecule has 0 atom stereocenters. The summed E-state index contributed by atoms with van der Waals surface area (Å²) in [5, 5.41) is 3.58. The van der Waals surface area contributed by atoms with Crippen molar-refractivity contribution in [2.75, 3.05) is 31.5 Å². The minimum atomic E-state index is -0.513. The molecule has 0 bridgehead atoms. The highest BCUT2D eigenvalue weighted by molar-refractivity contribution is 9.10. The maximum absolute atomic E-state index is 12.9. The van der Waals surface area contributed by atoms with Gasteiger partial charge in [0.2, 0.25) is 0 Å². The summed E-state index contributed by atoms with van der Waals surface area (Å²) in [6.07, 6.45) is 1.72. The van der Waals surface area contributed by atoms with Crippen LogP contribution in [0, 0.1) is 0 Å². The standard InChI is InChI=1S/C25H34BrN3O2/c1-25(2,3)31-24(30)29-16-8-15-28(18-20-9-5-4-6-10-20)14-7-13-27-23-17-22(26)12-11-21(23)19-29/h4-6,9-12,17,27H,7-8,13-16,18-19H2,1-3H3. The number of nitrogens with one attached hydrogen (secondary N) is 1. The molecule has 2 aromatic rings. The van der Waals surface area contributed by atoms with E-state index in [1.54, 1.807) is 0 Å². The van der Waals surface area contributed by atoms with Gasteiger partial charge in [-0.1, -0.05) is 52.3 Å². The number of halogens is 1. The lowest BCUT2D eigenvalue weighted by Gasteiger charge is -2.30. The Balaban J connectivity index is 1.77. The van der Waals surface area contributed by atoms with Gasteiger partial charge in [-0.15, -0.1) is 0 Å². The van der Waals surface area contributed by atoms with Gasteiger partial charge in [0, 0.05) is 42.9 Å². The van der Waals surface area contributed by atoms with E-state index in [0.717, 1.165) is 54.7 Å². The van der Waals surface area contributed by atoms with Crippen LogP contribution in [0.4, 0.5) is 10.5 Å². The van der Waals surface area contributed by atoms with E-state index in [-0.39, 0.29) is 6.09 Å². The van der Waals surface area contributed by atoms with Crippen molar-refractivity contribution in [1.82, 2.24) is 9.80 Å². The third-order valence-corrected chi connectivity index (χ3v) is 5.70. The molecule has 0 fully saturated rings. The molecule has 0 saturated carbocycles. The van der Waals surface area contributed by atoms with Gasteiger partial charge in [0.15, 0.2) is 0 Å². The molecule has 0 spiro atoms. The van der Waals surface area contributed by atoms with Crippen LogP contribution in [0.1, 0.15) is 44.7 Å². The van der Waals surface area contributed by atoms with Crippen LogP contribution in [0.25, 0.3) is 0 Å². The van der Waals surface area contributed by atoms with Crippen LogP contribution in [0.2, 0.25) is 0 Å². The van der Waals surface area contributed by atoms with Gasteiger partial charge in [0.1, 0.15) is 5.60 Å². The topological polar surface area (TPSA) is 44.8 Å².